The fraction of sp³-hybridized carbons (Fsp3) is 0.389. The van der Waals surface area contributed by atoms with Crippen molar-refractivity contribution in [1.82, 2.24) is 14.9 Å². The van der Waals surface area contributed by atoms with E-state index < -0.39 is 0 Å². The number of rotatable bonds is 3. The fourth-order valence-corrected chi connectivity index (χ4v) is 3.88. The third-order valence-electron chi connectivity index (χ3n) is 4.95. The van der Waals surface area contributed by atoms with Crippen LogP contribution in [-0.4, -0.2) is 33.4 Å². The van der Waals surface area contributed by atoms with E-state index in [9.17, 15) is 4.79 Å². The van der Waals surface area contributed by atoms with Gasteiger partial charge in [0, 0.05) is 36.2 Å². The smallest absolute Gasteiger partial charge is 0.254 e. The van der Waals surface area contributed by atoms with Crippen LogP contribution in [0.2, 0.25) is 0 Å². The minimum Gasteiger partial charge on any atom is -0.335 e. The van der Waals surface area contributed by atoms with Crippen LogP contribution in [0.15, 0.2) is 42.7 Å². The van der Waals surface area contributed by atoms with Crippen LogP contribution in [0.3, 0.4) is 0 Å². The Labute approximate surface area is 135 Å². The van der Waals surface area contributed by atoms with Crippen molar-refractivity contribution < 1.29 is 4.79 Å². The van der Waals surface area contributed by atoms with E-state index >= 15 is 0 Å². The van der Waals surface area contributed by atoms with Crippen molar-refractivity contribution in [3.8, 4) is 0 Å². The maximum absolute atomic E-state index is 12.9. The molecule has 0 unspecified atom stereocenters. The highest BCUT2D eigenvalue weighted by molar-refractivity contribution is 5.95. The van der Waals surface area contributed by atoms with Crippen LogP contribution in [0.25, 0.3) is 0 Å². The molecule has 2 heterocycles. The molecule has 1 aliphatic heterocycles. The molecule has 1 N–H and O–H groups in total. The van der Waals surface area contributed by atoms with Crippen LogP contribution in [0.5, 0.6) is 0 Å². The number of benzene rings is 1. The van der Waals surface area contributed by atoms with Crippen LogP contribution < -0.4 is 5.32 Å². The van der Waals surface area contributed by atoms with Crippen molar-refractivity contribution in [3.63, 3.8) is 0 Å². The zero-order chi connectivity index (χ0) is 15.6. The zero-order valence-electron chi connectivity index (χ0n) is 13.0. The maximum Gasteiger partial charge on any atom is 0.254 e. The van der Waals surface area contributed by atoms with Gasteiger partial charge >= 0.3 is 0 Å². The van der Waals surface area contributed by atoms with Crippen molar-refractivity contribution in [2.45, 2.75) is 31.7 Å². The number of hydrogen-bond acceptors (Lipinski definition) is 4. The molecule has 2 aliphatic rings. The third kappa shape index (κ3) is 2.79. The van der Waals surface area contributed by atoms with Gasteiger partial charge in [0.2, 0.25) is 5.95 Å². The normalized spacial score (nSPS) is 22.9. The second-order valence-electron chi connectivity index (χ2n) is 6.32. The Hall–Kier alpha value is -2.43. The Kier molecular flexibility index (Phi) is 3.69. The average Bonchev–Trinajstić information content (AvgIpc) is 3.19. The molecule has 0 spiro atoms. The molecular weight excluding hydrogens is 288 g/mol. The number of carbonyl (C=O) groups excluding carboxylic acids is 1. The van der Waals surface area contributed by atoms with Gasteiger partial charge in [0.1, 0.15) is 0 Å². The lowest BCUT2D eigenvalue weighted by Gasteiger charge is -2.24. The Morgan fingerprint density at radius 1 is 1.13 bits per heavy atom. The number of hydrogen-bond donors (Lipinski definition) is 1. The van der Waals surface area contributed by atoms with Gasteiger partial charge in [-0.15, -0.1) is 0 Å². The highest BCUT2D eigenvalue weighted by Crippen LogP contribution is 2.38. The molecule has 1 aromatic heterocycles. The summed E-state index contributed by atoms with van der Waals surface area (Å²) in [4.78, 5) is 23.2. The monoisotopic (exact) mass is 308 g/mol. The van der Waals surface area contributed by atoms with E-state index in [0.717, 1.165) is 36.6 Å². The topological polar surface area (TPSA) is 58.1 Å². The van der Waals surface area contributed by atoms with Crippen molar-refractivity contribution in [2.75, 3.05) is 11.9 Å². The molecule has 2 aromatic rings. The molecule has 23 heavy (non-hydrogen) atoms. The first-order valence-electron chi connectivity index (χ1n) is 8.26. The van der Waals surface area contributed by atoms with E-state index in [1.807, 2.05) is 24.3 Å². The van der Waals surface area contributed by atoms with E-state index in [1.54, 1.807) is 18.5 Å². The summed E-state index contributed by atoms with van der Waals surface area (Å²) >= 11 is 0. The Morgan fingerprint density at radius 3 is 2.87 bits per heavy atom. The summed E-state index contributed by atoms with van der Waals surface area (Å²) in [5.41, 5.74) is 1.57. The first-order chi connectivity index (χ1) is 11.3. The SMILES string of the molecule is O=C(c1cccc(Nc2ncccn2)c1)N1CC[C@@H]2CCC[C@@H]21. The van der Waals surface area contributed by atoms with Crippen LogP contribution in [0.1, 0.15) is 36.0 Å². The molecule has 0 radical (unpaired) electrons. The van der Waals surface area contributed by atoms with Crippen LogP contribution in [0.4, 0.5) is 11.6 Å². The fourth-order valence-electron chi connectivity index (χ4n) is 3.88. The third-order valence-corrected chi connectivity index (χ3v) is 4.95. The molecule has 5 nitrogen and oxygen atoms in total. The van der Waals surface area contributed by atoms with Gasteiger partial charge in [-0.05, 0) is 49.4 Å². The minimum atomic E-state index is 0.150. The van der Waals surface area contributed by atoms with E-state index in [-0.39, 0.29) is 5.91 Å². The Morgan fingerprint density at radius 2 is 2.00 bits per heavy atom. The molecule has 4 rings (SSSR count). The highest BCUT2D eigenvalue weighted by Gasteiger charge is 2.39. The number of aromatic nitrogens is 2. The molecule has 5 heteroatoms. The summed E-state index contributed by atoms with van der Waals surface area (Å²) in [6.07, 6.45) is 8.23. The lowest BCUT2D eigenvalue weighted by atomic mass is 10.0. The molecular formula is C18H20N4O. The molecule has 1 aliphatic carbocycles. The quantitative estimate of drug-likeness (QED) is 0.945. The molecule has 0 bridgehead atoms. The number of amides is 1. The van der Waals surface area contributed by atoms with Crippen molar-refractivity contribution in [3.05, 3.63) is 48.3 Å². The highest BCUT2D eigenvalue weighted by atomic mass is 16.2. The van der Waals surface area contributed by atoms with Crippen molar-refractivity contribution in [2.24, 2.45) is 5.92 Å². The summed E-state index contributed by atoms with van der Waals surface area (Å²) < 4.78 is 0. The number of fused-ring (bicyclic) bond motifs is 1. The van der Waals surface area contributed by atoms with Gasteiger partial charge in [-0.3, -0.25) is 4.79 Å². The van der Waals surface area contributed by atoms with E-state index in [0.29, 0.717) is 12.0 Å². The predicted octanol–water partition coefficient (Wildman–Crippen LogP) is 3.23. The summed E-state index contributed by atoms with van der Waals surface area (Å²) in [5.74, 6) is 1.41. The lowest BCUT2D eigenvalue weighted by molar-refractivity contribution is 0.0729. The van der Waals surface area contributed by atoms with Gasteiger partial charge in [0.15, 0.2) is 0 Å². The molecule has 1 amide bonds. The second kappa shape index (κ2) is 5.99. The van der Waals surface area contributed by atoms with Gasteiger partial charge < -0.3 is 10.2 Å². The van der Waals surface area contributed by atoms with E-state index in [4.69, 9.17) is 0 Å². The molecule has 2 atom stereocenters. The second-order valence-corrected chi connectivity index (χ2v) is 6.32. The summed E-state index contributed by atoms with van der Waals surface area (Å²) in [7, 11) is 0. The standard InChI is InChI=1S/C18H20N4O/c23-17(22-11-8-13-4-2-7-16(13)22)14-5-1-6-15(12-14)21-18-19-9-3-10-20-18/h1,3,5-6,9-10,12-13,16H,2,4,7-8,11H2,(H,19,20,21)/t13-,16-/m0/s1. The Bertz CT molecular complexity index is 703. The predicted molar refractivity (Wildman–Crippen MR) is 88.5 cm³/mol. The number of likely N-dealkylation sites (tertiary alicyclic amines) is 1. The first-order valence-corrected chi connectivity index (χ1v) is 8.26. The van der Waals surface area contributed by atoms with E-state index in [2.05, 4.69) is 20.2 Å². The zero-order valence-corrected chi connectivity index (χ0v) is 13.0. The van der Waals surface area contributed by atoms with Crippen molar-refractivity contribution in [1.29, 1.82) is 0 Å². The van der Waals surface area contributed by atoms with Crippen molar-refractivity contribution >= 4 is 17.5 Å². The molecule has 2 fully saturated rings. The van der Waals surface area contributed by atoms with Gasteiger partial charge in [0.25, 0.3) is 5.91 Å². The molecule has 118 valence electrons. The largest absolute Gasteiger partial charge is 0.335 e. The van der Waals surface area contributed by atoms with Crippen LogP contribution >= 0.6 is 0 Å². The summed E-state index contributed by atoms with van der Waals surface area (Å²) in [6, 6.07) is 9.84. The van der Waals surface area contributed by atoms with E-state index in [1.165, 1.54) is 12.8 Å². The number of nitrogens with zero attached hydrogens (tertiary/aromatic N) is 3. The van der Waals surface area contributed by atoms with Gasteiger partial charge in [-0.2, -0.15) is 0 Å². The number of nitrogens with one attached hydrogen (secondary N) is 1. The van der Waals surface area contributed by atoms with Gasteiger partial charge in [-0.1, -0.05) is 12.5 Å². The van der Waals surface area contributed by atoms with Crippen LogP contribution in [0, 0.1) is 5.92 Å². The van der Waals surface area contributed by atoms with Crippen LogP contribution in [-0.2, 0) is 0 Å². The first kappa shape index (κ1) is 14.2. The minimum absolute atomic E-state index is 0.150. The Balaban J connectivity index is 1.53. The maximum atomic E-state index is 12.9. The van der Waals surface area contributed by atoms with Gasteiger partial charge in [0.05, 0.1) is 0 Å². The molecule has 1 saturated carbocycles. The lowest BCUT2D eigenvalue weighted by Crippen LogP contribution is -2.35. The summed E-state index contributed by atoms with van der Waals surface area (Å²) in [5, 5.41) is 3.14. The average molecular weight is 308 g/mol. The molecule has 1 aromatic carbocycles. The summed E-state index contributed by atoms with van der Waals surface area (Å²) in [6.45, 7) is 0.896. The number of anilines is 2. The number of carbonyl (C=O) groups is 1. The molecule has 1 saturated heterocycles. The van der Waals surface area contributed by atoms with Gasteiger partial charge in [-0.25, -0.2) is 9.97 Å².